The topological polar surface area (TPSA) is 18.5 Å². The Morgan fingerprint density at radius 1 is 1.05 bits per heavy atom. The van der Waals surface area contributed by atoms with Gasteiger partial charge in [0, 0.05) is 17.2 Å². The molecule has 0 saturated carbocycles. The first-order valence-electron chi connectivity index (χ1n) is 5.88. The van der Waals surface area contributed by atoms with Gasteiger partial charge in [0.05, 0.1) is 24.1 Å². The van der Waals surface area contributed by atoms with Crippen LogP contribution in [0.25, 0.3) is 0 Å². The van der Waals surface area contributed by atoms with E-state index in [1.54, 1.807) is 13.2 Å². The van der Waals surface area contributed by atoms with E-state index in [9.17, 15) is 4.39 Å². The molecule has 5 heteroatoms. The standard InChI is InChI=1S/C15H13BrClFO2/c1-19-13-6-4-3-5-9(13)15(17)10-7-11(16)12(18)8-14(10)20-2/h3-8,15H,1-2H3. The first-order chi connectivity index (χ1) is 9.58. The van der Waals surface area contributed by atoms with Crippen LogP contribution in [0.2, 0.25) is 0 Å². The molecular weight excluding hydrogens is 347 g/mol. The number of hydrogen-bond acceptors (Lipinski definition) is 2. The third-order valence-corrected chi connectivity index (χ3v) is 4.04. The monoisotopic (exact) mass is 358 g/mol. The zero-order valence-corrected chi connectivity index (χ0v) is 13.3. The molecule has 0 radical (unpaired) electrons. The van der Waals surface area contributed by atoms with E-state index in [1.165, 1.54) is 13.2 Å². The van der Waals surface area contributed by atoms with Gasteiger partial charge in [-0.15, -0.1) is 11.6 Å². The van der Waals surface area contributed by atoms with Crippen molar-refractivity contribution < 1.29 is 13.9 Å². The van der Waals surface area contributed by atoms with Crippen LogP contribution in [-0.4, -0.2) is 14.2 Å². The van der Waals surface area contributed by atoms with Gasteiger partial charge >= 0.3 is 0 Å². The average molecular weight is 360 g/mol. The minimum absolute atomic E-state index is 0.342. The van der Waals surface area contributed by atoms with E-state index < -0.39 is 11.2 Å². The molecule has 0 aromatic heterocycles. The zero-order valence-electron chi connectivity index (χ0n) is 11.0. The third kappa shape index (κ3) is 2.91. The second-order valence-electron chi connectivity index (χ2n) is 4.11. The maximum atomic E-state index is 13.6. The highest BCUT2D eigenvalue weighted by Gasteiger charge is 2.21. The van der Waals surface area contributed by atoms with Crippen LogP contribution in [0, 0.1) is 5.82 Å². The van der Waals surface area contributed by atoms with Gasteiger partial charge in [-0.1, -0.05) is 18.2 Å². The van der Waals surface area contributed by atoms with Crippen LogP contribution >= 0.6 is 27.5 Å². The van der Waals surface area contributed by atoms with E-state index >= 15 is 0 Å². The number of alkyl halides is 1. The molecule has 20 heavy (non-hydrogen) atoms. The summed E-state index contributed by atoms with van der Waals surface area (Å²) in [5.41, 5.74) is 1.47. The molecule has 1 unspecified atom stereocenters. The molecular formula is C15H13BrClFO2. The van der Waals surface area contributed by atoms with Crippen molar-refractivity contribution in [1.82, 2.24) is 0 Å². The molecule has 2 nitrogen and oxygen atoms in total. The van der Waals surface area contributed by atoms with Crippen molar-refractivity contribution in [3.05, 3.63) is 57.8 Å². The SMILES string of the molecule is COc1ccccc1C(Cl)c1cc(Br)c(F)cc1OC. The third-order valence-electron chi connectivity index (χ3n) is 2.96. The lowest BCUT2D eigenvalue weighted by Gasteiger charge is -2.17. The number of para-hydroxylation sites is 1. The van der Waals surface area contributed by atoms with Crippen LogP contribution in [0.15, 0.2) is 40.9 Å². The fraction of sp³-hybridized carbons (Fsp3) is 0.200. The maximum absolute atomic E-state index is 13.6. The Kier molecular flexibility index (Phi) is 4.89. The Morgan fingerprint density at radius 3 is 2.35 bits per heavy atom. The molecule has 0 N–H and O–H groups in total. The van der Waals surface area contributed by atoms with Gasteiger partial charge in [0.15, 0.2) is 0 Å². The van der Waals surface area contributed by atoms with E-state index in [1.807, 2.05) is 24.3 Å². The van der Waals surface area contributed by atoms with Crippen molar-refractivity contribution in [2.75, 3.05) is 14.2 Å². The Hall–Kier alpha value is -1.26. The molecule has 1 atom stereocenters. The first kappa shape index (κ1) is 15.1. The number of rotatable bonds is 4. The average Bonchev–Trinajstić information content (AvgIpc) is 2.48. The van der Waals surface area contributed by atoms with Crippen LogP contribution < -0.4 is 9.47 Å². The molecule has 2 aromatic carbocycles. The van der Waals surface area contributed by atoms with Gasteiger partial charge in [0.2, 0.25) is 0 Å². The summed E-state index contributed by atoms with van der Waals surface area (Å²) >= 11 is 9.69. The van der Waals surface area contributed by atoms with Crippen LogP contribution in [0.3, 0.4) is 0 Å². The summed E-state index contributed by atoms with van der Waals surface area (Å²) in [7, 11) is 3.07. The summed E-state index contributed by atoms with van der Waals surface area (Å²) in [4.78, 5) is 0. The Balaban J connectivity index is 2.52. The summed E-state index contributed by atoms with van der Waals surface area (Å²) in [6.07, 6.45) is 0. The van der Waals surface area contributed by atoms with Crippen molar-refractivity contribution >= 4 is 27.5 Å². The van der Waals surface area contributed by atoms with Gasteiger partial charge in [-0.05, 0) is 28.1 Å². The molecule has 0 fully saturated rings. The van der Waals surface area contributed by atoms with Crippen molar-refractivity contribution in [2.45, 2.75) is 5.38 Å². The predicted octanol–water partition coefficient (Wildman–Crippen LogP) is 4.93. The number of methoxy groups -OCH3 is 2. The Labute approximate surface area is 130 Å². The molecule has 2 aromatic rings. The number of benzene rings is 2. The van der Waals surface area contributed by atoms with E-state index in [0.29, 0.717) is 21.5 Å². The van der Waals surface area contributed by atoms with Crippen LogP contribution in [-0.2, 0) is 0 Å². The largest absolute Gasteiger partial charge is 0.496 e. The minimum atomic E-state index is -0.502. The second-order valence-corrected chi connectivity index (χ2v) is 5.40. The van der Waals surface area contributed by atoms with Crippen LogP contribution in [0.5, 0.6) is 11.5 Å². The summed E-state index contributed by atoms with van der Waals surface area (Å²) in [6, 6.07) is 10.4. The molecule has 0 spiro atoms. The number of halogens is 3. The van der Waals surface area contributed by atoms with E-state index in [2.05, 4.69) is 15.9 Å². The van der Waals surface area contributed by atoms with E-state index in [4.69, 9.17) is 21.1 Å². The molecule has 0 saturated heterocycles. The molecule has 0 aliphatic rings. The first-order valence-corrected chi connectivity index (χ1v) is 7.11. The quantitative estimate of drug-likeness (QED) is 0.720. The van der Waals surface area contributed by atoms with Crippen molar-refractivity contribution in [1.29, 1.82) is 0 Å². The highest BCUT2D eigenvalue weighted by Crippen LogP contribution is 2.40. The van der Waals surface area contributed by atoms with Crippen molar-refractivity contribution in [3.63, 3.8) is 0 Å². The zero-order chi connectivity index (χ0) is 14.7. The molecule has 0 amide bonds. The smallest absolute Gasteiger partial charge is 0.141 e. The fourth-order valence-electron chi connectivity index (χ4n) is 1.96. The summed E-state index contributed by atoms with van der Waals surface area (Å²) in [6.45, 7) is 0. The molecule has 0 aliphatic heterocycles. The molecule has 2 rings (SSSR count). The van der Waals surface area contributed by atoms with Gasteiger partial charge in [0.25, 0.3) is 0 Å². The maximum Gasteiger partial charge on any atom is 0.141 e. The van der Waals surface area contributed by atoms with Gasteiger partial charge < -0.3 is 9.47 Å². The van der Waals surface area contributed by atoms with Gasteiger partial charge in [0.1, 0.15) is 17.3 Å². The van der Waals surface area contributed by atoms with Gasteiger partial charge in [-0.2, -0.15) is 0 Å². The molecule has 106 valence electrons. The van der Waals surface area contributed by atoms with E-state index in [0.717, 1.165) is 5.56 Å². The lowest BCUT2D eigenvalue weighted by atomic mass is 10.0. The Bertz CT molecular complexity index is 619. The molecule has 0 heterocycles. The normalized spacial score (nSPS) is 12.1. The summed E-state index contributed by atoms with van der Waals surface area (Å²) in [5, 5.41) is -0.502. The van der Waals surface area contributed by atoms with Gasteiger partial charge in [-0.3, -0.25) is 0 Å². The molecule has 0 bridgehead atoms. The number of ether oxygens (including phenoxy) is 2. The highest BCUT2D eigenvalue weighted by molar-refractivity contribution is 9.10. The van der Waals surface area contributed by atoms with E-state index in [-0.39, 0.29) is 0 Å². The van der Waals surface area contributed by atoms with Crippen molar-refractivity contribution in [2.24, 2.45) is 0 Å². The molecule has 0 aliphatic carbocycles. The lowest BCUT2D eigenvalue weighted by molar-refractivity contribution is 0.402. The summed E-state index contributed by atoms with van der Waals surface area (Å²) < 4.78 is 24.4. The Morgan fingerprint density at radius 2 is 1.70 bits per heavy atom. The fourth-order valence-corrected chi connectivity index (χ4v) is 2.67. The second kappa shape index (κ2) is 6.46. The number of hydrogen-bond donors (Lipinski definition) is 0. The van der Waals surface area contributed by atoms with Crippen molar-refractivity contribution in [3.8, 4) is 11.5 Å². The lowest BCUT2D eigenvalue weighted by Crippen LogP contribution is -2.01. The predicted molar refractivity (Wildman–Crippen MR) is 81.3 cm³/mol. The minimum Gasteiger partial charge on any atom is -0.496 e. The van der Waals surface area contributed by atoms with Gasteiger partial charge in [-0.25, -0.2) is 4.39 Å². The van der Waals surface area contributed by atoms with Crippen LogP contribution in [0.1, 0.15) is 16.5 Å². The van der Waals surface area contributed by atoms with Crippen LogP contribution in [0.4, 0.5) is 4.39 Å². The summed E-state index contributed by atoms with van der Waals surface area (Å²) in [5.74, 6) is 0.682. The highest BCUT2D eigenvalue weighted by atomic mass is 79.9.